The number of likely N-dealkylation sites (N-methyl/N-ethyl adjacent to an activating group) is 1. The number of nitrogens with zero attached hydrogens (tertiary/aromatic N) is 3. The molecule has 0 unspecified atom stereocenters. The fourth-order valence-corrected chi connectivity index (χ4v) is 2.84. The minimum atomic E-state index is -0.524. The van der Waals surface area contributed by atoms with Gasteiger partial charge in [-0.3, -0.25) is 4.79 Å². The summed E-state index contributed by atoms with van der Waals surface area (Å²) in [5.74, 6) is -0.717. The van der Waals surface area contributed by atoms with E-state index in [-0.39, 0.29) is 24.3 Å². The molecule has 0 saturated heterocycles. The molecule has 3 amide bonds. The van der Waals surface area contributed by atoms with Gasteiger partial charge in [0.05, 0.1) is 0 Å². The average molecular weight is 425 g/mol. The van der Waals surface area contributed by atoms with Crippen molar-refractivity contribution >= 4 is 17.6 Å². The molecule has 3 aromatic rings. The molecule has 0 spiro atoms. The highest BCUT2D eigenvalue weighted by molar-refractivity contribution is 5.90. The van der Waals surface area contributed by atoms with Gasteiger partial charge in [0.1, 0.15) is 5.82 Å². The molecule has 0 saturated carbocycles. The number of carbonyl (C=O) groups excluding carboxylic acids is 2. The van der Waals surface area contributed by atoms with Crippen molar-refractivity contribution < 1.29 is 18.5 Å². The first-order chi connectivity index (χ1) is 14.8. The lowest BCUT2D eigenvalue weighted by molar-refractivity contribution is 0.0907. The molecule has 9 heteroatoms. The Morgan fingerprint density at radius 1 is 1.13 bits per heavy atom. The molecule has 8 nitrogen and oxygen atoms in total. The molecule has 0 atom stereocenters. The maximum atomic E-state index is 12.9. The number of carbonyl (C=O) groups is 2. The number of hydrogen-bond acceptors (Lipinski definition) is 5. The van der Waals surface area contributed by atoms with E-state index in [0.717, 1.165) is 22.4 Å². The van der Waals surface area contributed by atoms with E-state index in [1.165, 1.54) is 17.0 Å². The summed E-state index contributed by atoms with van der Waals surface area (Å²) in [6.07, 6.45) is 0.325. The maximum absolute atomic E-state index is 12.9. The van der Waals surface area contributed by atoms with Crippen LogP contribution in [-0.2, 0) is 13.0 Å². The minimum Gasteiger partial charge on any atom is -0.344 e. The third kappa shape index (κ3) is 6.11. The Hall–Kier alpha value is -3.75. The van der Waals surface area contributed by atoms with E-state index in [0.29, 0.717) is 18.8 Å². The van der Waals surface area contributed by atoms with Crippen molar-refractivity contribution in [3.63, 3.8) is 0 Å². The molecule has 162 valence electrons. The van der Waals surface area contributed by atoms with Crippen LogP contribution < -0.4 is 10.6 Å². The SMILES string of the molecule is Cc1ccc(NC(=O)N(C)CCc2noc(C(=O)NCc3ccc(F)cc3)n2)c(C)c1. The molecule has 0 bridgehead atoms. The summed E-state index contributed by atoms with van der Waals surface area (Å²) in [5.41, 5.74) is 3.60. The average Bonchev–Trinajstić information content (AvgIpc) is 3.22. The molecule has 0 radical (unpaired) electrons. The van der Waals surface area contributed by atoms with Gasteiger partial charge in [0.15, 0.2) is 5.82 Å². The summed E-state index contributed by atoms with van der Waals surface area (Å²) >= 11 is 0. The second-order valence-corrected chi connectivity index (χ2v) is 7.24. The van der Waals surface area contributed by atoms with E-state index in [1.54, 1.807) is 19.2 Å². The van der Waals surface area contributed by atoms with E-state index in [1.807, 2.05) is 32.0 Å². The molecule has 31 heavy (non-hydrogen) atoms. The number of hydrogen-bond donors (Lipinski definition) is 2. The number of aryl methyl sites for hydroxylation is 2. The van der Waals surface area contributed by atoms with E-state index in [9.17, 15) is 14.0 Å². The predicted octanol–water partition coefficient (Wildman–Crippen LogP) is 3.46. The van der Waals surface area contributed by atoms with Gasteiger partial charge in [-0.15, -0.1) is 0 Å². The Kier molecular flexibility index (Phi) is 6.96. The van der Waals surface area contributed by atoms with Crippen LogP contribution in [0.2, 0.25) is 0 Å². The smallest absolute Gasteiger partial charge is 0.321 e. The Labute approximate surface area is 179 Å². The fraction of sp³-hybridized carbons (Fsp3) is 0.273. The van der Waals surface area contributed by atoms with Crippen LogP contribution in [-0.4, -0.2) is 40.6 Å². The topological polar surface area (TPSA) is 100 Å². The summed E-state index contributed by atoms with van der Waals surface area (Å²) in [6, 6.07) is 11.3. The molecule has 0 fully saturated rings. The highest BCUT2D eigenvalue weighted by Crippen LogP contribution is 2.16. The molecular formula is C22H24FN5O3. The van der Waals surface area contributed by atoms with E-state index in [4.69, 9.17) is 4.52 Å². The van der Waals surface area contributed by atoms with Crippen molar-refractivity contribution in [2.75, 3.05) is 18.9 Å². The van der Waals surface area contributed by atoms with Crippen LogP contribution in [0, 0.1) is 19.7 Å². The molecule has 1 aromatic heterocycles. The zero-order chi connectivity index (χ0) is 22.4. The van der Waals surface area contributed by atoms with Gasteiger partial charge in [-0.2, -0.15) is 4.98 Å². The Bertz CT molecular complexity index is 1070. The molecule has 2 N–H and O–H groups in total. The first kappa shape index (κ1) is 21.9. The Balaban J connectivity index is 1.48. The Morgan fingerprint density at radius 3 is 2.58 bits per heavy atom. The first-order valence-corrected chi connectivity index (χ1v) is 9.76. The van der Waals surface area contributed by atoms with Gasteiger partial charge in [-0.25, -0.2) is 9.18 Å². The quantitative estimate of drug-likeness (QED) is 0.604. The highest BCUT2D eigenvalue weighted by Gasteiger charge is 2.16. The van der Waals surface area contributed by atoms with Gasteiger partial charge in [0.2, 0.25) is 0 Å². The molecule has 0 aliphatic heterocycles. The van der Waals surface area contributed by atoms with Crippen molar-refractivity contribution in [1.29, 1.82) is 0 Å². The van der Waals surface area contributed by atoms with Crippen molar-refractivity contribution in [3.05, 3.63) is 76.7 Å². The van der Waals surface area contributed by atoms with Gasteiger partial charge in [0, 0.05) is 32.2 Å². The van der Waals surface area contributed by atoms with Crippen LogP contribution >= 0.6 is 0 Å². The maximum Gasteiger partial charge on any atom is 0.321 e. The zero-order valence-electron chi connectivity index (χ0n) is 17.6. The zero-order valence-corrected chi connectivity index (χ0v) is 17.6. The third-order valence-electron chi connectivity index (χ3n) is 4.67. The van der Waals surface area contributed by atoms with Gasteiger partial charge < -0.3 is 20.1 Å². The predicted molar refractivity (Wildman–Crippen MR) is 113 cm³/mol. The summed E-state index contributed by atoms with van der Waals surface area (Å²) in [4.78, 5) is 30.1. The highest BCUT2D eigenvalue weighted by atomic mass is 19.1. The summed E-state index contributed by atoms with van der Waals surface area (Å²) in [5, 5.41) is 9.29. The van der Waals surface area contributed by atoms with Crippen LogP contribution in [0.3, 0.4) is 0 Å². The van der Waals surface area contributed by atoms with Gasteiger partial charge in [-0.05, 0) is 43.2 Å². The standard InChI is InChI=1S/C22H24FN5O3/c1-14-4-9-18(15(2)12-14)25-22(30)28(3)11-10-19-26-21(31-27-19)20(29)24-13-16-5-7-17(23)8-6-16/h4-9,12H,10-11,13H2,1-3H3,(H,24,29)(H,25,30). The second kappa shape index (κ2) is 9.84. The van der Waals surface area contributed by atoms with E-state index in [2.05, 4.69) is 20.8 Å². The fourth-order valence-electron chi connectivity index (χ4n) is 2.84. The summed E-state index contributed by atoms with van der Waals surface area (Å²) in [6.45, 7) is 4.47. The van der Waals surface area contributed by atoms with Crippen LogP contribution in [0.5, 0.6) is 0 Å². The van der Waals surface area contributed by atoms with Gasteiger partial charge in [0.25, 0.3) is 0 Å². The van der Waals surface area contributed by atoms with Crippen LogP contribution in [0.1, 0.15) is 33.2 Å². The molecule has 0 aliphatic carbocycles. The number of anilines is 1. The van der Waals surface area contributed by atoms with E-state index < -0.39 is 5.91 Å². The van der Waals surface area contributed by atoms with E-state index >= 15 is 0 Å². The number of benzene rings is 2. The number of amides is 3. The largest absolute Gasteiger partial charge is 0.344 e. The van der Waals surface area contributed by atoms with Crippen molar-refractivity contribution in [3.8, 4) is 0 Å². The van der Waals surface area contributed by atoms with Gasteiger partial charge >= 0.3 is 17.8 Å². The van der Waals surface area contributed by atoms with Crippen molar-refractivity contribution in [2.24, 2.45) is 0 Å². The number of nitrogens with one attached hydrogen (secondary N) is 2. The molecule has 1 heterocycles. The lowest BCUT2D eigenvalue weighted by atomic mass is 10.1. The number of urea groups is 1. The van der Waals surface area contributed by atoms with Crippen LogP contribution in [0.25, 0.3) is 0 Å². The monoisotopic (exact) mass is 425 g/mol. The van der Waals surface area contributed by atoms with Crippen molar-refractivity contribution in [1.82, 2.24) is 20.4 Å². The normalized spacial score (nSPS) is 10.6. The lowest BCUT2D eigenvalue weighted by Crippen LogP contribution is -2.33. The first-order valence-electron chi connectivity index (χ1n) is 9.76. The number of rotatable bonds is 7. The number of halogens is 1. The molecule has 2 aromatic carbocycles. The van der Waals surface area contributed by atoms with Crippen molar-refractivity contribution in [2.45, 2.75) is 26.8 Å². The Morgan fingerprint density at radius 2 is 1.87 bits per heavy atom. The summed E-state index contributed by atoms with van der Waals surface area (Å²) < 4.78 is 17.9. The third-order valence-corrected chi connectivity index (χ3v) is 4.67. The molecule has 3 rings (SSSR count). The molecular weight excluding hydrogens is 401 g/mol. The van der Waals surface area contributed by atoms with Crippen LogP contribution in [0.4, 0.5) is 14.9 Å². The number of aromatic nitrogens is 2. The second-order valence-electron chi connectivity index (χ2n) is 7.24. The van der Waals surface area contributed by atoms with Crippen LogP contribution in [0.15, 0.2) is 47.0 Å². The molecule has 0 aliphatic rings. The lowest BCUT2D eigenvalue weighted by Gasteiger charge is -2.18. The van der Waals surface area contributed by atoms with Gasteiger partial charge in [-0.1, -0.05) is 35.0 Å². The minimum absolute atomic E-state index is 0.167. The summed E-state index contributed by atoms with van der Waals surface area (Å²) in [7, 11) is 1.66.